The first-order chi connectivity index (χ1) is 20.7. The summed E-state index contributed by atoms with van der Waals surface area (Å²) in [5, 5.41) is 3.28. The Morgan fingerprint density at radius 3 is 2.35 bits per heavy atom. The van der Waals surface area contributed by atoms with Crippen LogP contribution in [0.15, 0.2) is 112 Å². The molecule has 1 aliphatic rings. The Bertz CT molecular complexity index is 1700. The van der Waals surface area contributed by atoms with E-state index < -0.39 is 28.6 Å². The molecule has 0 spiro atoms. The van der Waals surface area contributed by atoms with E-state index in [4.69, 9.17) is 16.3 Å². The highest BCUT2D eigenvalue weighted by Crippen LogP contribution is 2.34. The maximum atomic E-state index is 13.9. The zero-order chi connectivity index (χ0) is 30.4. The van der Waals surface area contributed by atoms with Gasteiger partial charge < -0.3 is 15.0 Å². The van der Waals surface area contributed by atoms with Gasteiger partial charge in [-0.25, -0.2) is 8.42 Å². The van der Waals surface area contributed by atoms with Gasteiger partial charge in [-0.2, -0.15) is 4.31 Å². The third-order valence-electron chi connectivity index (χ3n) is 6.99. The van der Waals surface area contributed by atoms with E-state index in [2.05, 4.69) is 21.2 Å². The largest absolute Gasteiger partial charge is 0.477 e. The van der Waals surface area contributed by atoms with Crippen LogP contribution in [0.1, 0.15) is 11.1 Å². The molecule has 0 fully saturated rings. The molecule has 1 atom stereocenters. The molecule has 4 aromatic carbocycles. The topological polar surface area (TPSA) is 96.0 Å². The van der Waals surface area contributed by atoms with Gasteiger partial charge in [-0.15, -0.1) is 0 Å². The van der Waals surface area contributed by atoms with Crippen molar-refractivity contribution in [3.05, 3.63) is 124 Å². The number of ether oxygens (including phenoxy) is 1. The number of carbonyl (C=O) groups excluding carboxylic acids is 2. The van der Waals surface area contributed by atoms with Gasteiger partial charge in [-0.1, -0.05) is 88.2 Å². The van der Waals surface area contributed by atoms with E-state index in [1.165, 1.54) is 17.0 Å². The van der Waals surface area contributed by atoms with Crippen molar-refractivity contribution >= 4 is 55.1 Å². The van der Waals surface area contributed by atoms with E-state index >= 15 is 0 Å². The molecule has 0 saturated carbocycles. The summed E-state index contributed by atoms with van der Waals surface area (Å²) in [6, 6.07) is 29.8. The first kappa shape index (κ1) is 30.7. The van der Waals surface area contributed by atoms with Gasteiger partial charge in [-0.3, -0.25) is 9.59 Å². The third kappa shape index (κ3) is 7.45. The molecule has 222 valence electrons. The molecule has 0 aliphatic carbocycles. The van der Waals surface area contributed by atoms with Gasteiger partial charge in [0.2, 0.25) is 15.9 Å². The van der Waals surface area contributed by atoms with Gasteiger partial charge in [0.15, 0.2) is 6.10 Å². The number of amides is 2. The van der Waals surface area contributed by atoms with Crippen molar-refractivity contribution in [1.82, 2.24) is 9.62 Å². The van der Waals surface area contributed by atoms with Crippen LogP contribution in [0.25, 0.3) is 0 Å². The summed E-state index contributed by atoms with van der Waals surface area (Å²) in [5.41, 5.74) is 2.09. The van der Waals surface area contributed by atoms with Crippen molar-refractivity contribution in [3.63, 3.8) is 0 Å². The Kier molecular flexibility index (Phi) is 9.82. The number of anilines is 1. The van der Waals surface area contributed by atoms with Crippen LogP contribution in [0, 0.1) is 0 Å². The number of carbonyl (C=O) groups is 2. The number of halogens is 2. The zero-order valence-electron chi connectivity index (χ0n) is 23.0. The van der Waals surface area contributed by atoms with Crippen LogP contribution in [0.4, 0.5) is 5.69 Å². The minimum Gasteiger partial charge on any atom is -0.477 e. The van der Waals surface area contributed by atoms with Crippen molar-refractivity contribution in [2.75, 3.05) is 24.5 Å². The molecule has 4 aromatic rings. The second kappa shape index (κ2) is 13.7. The molecule has 0 aromatic heterocycles. The summed E-state index contributed by atoms with van der Waals surface area (Å²) in [6.07, 6.45) is -0.335. The molecule has 5 rings (SSSR count). The van der Waals surface area contributed by atoms with Gasteiger partial charge in [0.25, 0.3) is 5.91 Å². The number of benzene rings is 4. The summed E-state index contributed by atoms with van der Waals surface area (Å²) in [6.45, 7) is -0.292. The molecule has 2 amide bonds. The monoisotopic (exact) mass is 681 g/mol. The van der Waals surface area contributed by atoms with E-state index in [9.17, 15) is 18.0 Å². The van der Waals surface area contributed by atoms with Crippen LogP contribution in [0.3, 0.4) is 0 Å². The number of nitrogens with one attached hydrogen (secondary N) is 1. The molecular weight excluding hydrogens is 654 g/mol. The van der Waals surface area contributed by atoms with Crippen molar-refractivity contribution in [2.45, 2.75) is 24.0 Å². The van der Waals surface area contributed by atoms with Crippen molar-refractivity contribution in [3.8, 4) is 5.75 Å². The molecular formula is C32H29BrClN3O5S. The number of hydrogen-bond acceptors (Lipinski definition) is 5. The predicted molar refractivity (Wildman–Crippen MR) is 170 cm³/mol. The van der Waals surface area contributed by atoms with E-state index in [0.717, 1.165) is 14.3 Å². The van der Waals surface area contributed by atoms with Crippen LogP contribution in [-0.4, -0.2) is 50.3 Å². The number of rotatable bonds is 10. The Morgan fingerprint density at radius 2 is 1.60 bits per heavy atom. The molecule has 43 heavy (non-hydrogen) atoms. The van der Waals surface area contributed by atoms with Gasteiger partial charge in [0.1, 0.15) is 5.75 Å². The summed E-state index contributed by atoms with van der Waals surface area (Å²) in [7, 11) is -4.12. The smallest absolute Gasteiger partial charge is 0.262 e. The molecule has 0 unspecified atom stereocenters. The van der Waals surface area contributed by atoms with Gasteiger partial charge >= 0.3 is 0 Å². The summed E-state index contributed by atoms with van der Waals surface area (Å²) in [4.78, 5) is 28.5. The number of sulfonamides is 1. The fourth-order valence-electron chi connectivity index (χ4n) is 4.73. The maximum Gasteiger partial charge on any atom is 0.262 e. The standard InChI is InChI=1S/C32H29BrClN3O5S/c33-25-14-16-26(17-15-25)43(40,41)36(20-24-10-4-5-11-27(24)34)22-31(38)37-21-30(42-29-13-7-6-12-28(29)37)32(39)35-19-18-23-8-2-1-3-9-23/h1-17,30H,18-22H2,(H,35,39)/t30-/m0/s1. The number of nitrogens with zero attached hydrogens (tertiary/aromatic N) is 2. The lowest BCUT2D eigenvalue weighted by Crippen LogP contribution is -2.53. The average molecular weight is 683 g/mol. The lowest BCUT2D eigenvalue weighted by atomic mass is 10.1. The molecule has 0 saturated heterocycles. The van der Waals surface area contributed by atoms with Gasteiger partial charge in [0.05, 0.1) is 23.7 Å². The van der Waals surface area contributed by atoms with E-state index in [0.29, 0.717) is 35.0 Å². The Morgan fingerprint density at radius 1 is 0.930 bits per heavy atom. The normalized spacial score (nSPS) is 14.6. The predicted octanol–water partition coefficient (Wildman–Crippen LogP) is 5.45. The second-order valence-electron chi connectivity index (χ2n) is 9.92. The van der Waals surface area contributed by atoms with E-state index in [1.807, 2.05) is 30.3 Å². The third-order valence-corrected chi connectivity index (χ3v) is 9.69. The Labute approximate surface area is 264 Å². The quantitative estimate of drug-likeness (QED) is 0.240. The summed E-state index contributed by atoms with van der Waals surface area (Å²) in [5.74, 6) is -0.511. The molecule has 0 radical (unpaired) electrons. The molecule has 0 bridgehead atoms. The minimum absolute atomic E-state index is 0.0357. The molecule has 1 aliphatic heterocycles. The maximum absolute atomic E-state index is 13.9. The minimum atomic E-state index is -4.12. The number of para-hydroxylation sites is 2. The van der Waals surface area contributed by atoms with Crippen LogP contribution in [-0.2, 0) is 32.6 Å². The molecule has 8 nitrogen and oxygen atoms in total. The SMILES string of the molecule is O=C(NCCc1ccccc1)[C@@H]1CN(C(=O)CN(Cc2ccccc2Cl)S(=O)(=O)c2ccc(Br)cc2)c2ccccc2O1. The lowest BCUT2D eigenvalue weighted by molar-refractivity contribution is -0.128. The zero-order valence-corrected chi connectivity index (χ0v) is 26.2. The van der Waals surface area contributed by atoms with Gasteiger partial charge in [-0.05, 0) is 60.0 Å². The fraction of sp³-hybridized carbons (Fsp3) is 0.188. The summed E-state index contributed by atoms with van der Waals surface area (Å²) >= 11 is 9.72. The Hall–Kier alpha value is -3.70. The van der Waals surface area contributed by atoms with Gasteiger partial charge in [0, 0.05) is 22.6 Å². The highest BCUT2D eigenvalue weighted by atomic mass is 79.9. The van der Waals surface area contributed by atoms with Crippen LogP contribution >= 0.6 is 27.5 Å². The summed E-state index contributed by atoms with van der Waals surface area (Å²) < 4.78 is 35.5. The highest BCUT2D eigenvalue weighted by Gasteiger charge is 2.36. The molecule has 1 N–H and O–H groups in total. The number of fused-ring (bicyclic) bond motifs is 1. The molecule has 11 heteroatoms. The Balaban J connectivity index is 1.38. The first-order valence-electron chi connectivity index (χ1n) is 13.6. The first-order valence-corrected chi connectivity index (χ1v) is 16.2. The fourth-order valence-corrected chi connectivity index (χ4v) is 6.56. The lowest BCUT2D eigenvalue weighted by Gasteiger charge is -2.35. The number of hydrogen-bond donors (Lipinski definition) is 1. The average Bonchev–Trinajstić information content (AvgIpc) is 3.01. The van der Waals surface area contributed by atoms with Crippen molar-refractivity contribution in [2.24, 2.45) is 0 Å². The van der Waals surface area contributed by atoms with E-state index in [-0.39, 0.29) is 23.9 Å². The van der Waals surface area contributed by atoms with E-state index in [1.54, 1.807) is 60.7 Å². The van der Waals surface area contributed by atoms with Crippen molar-refractivity contribution in [1.29, 1.82) is 0 Å². The van der Waals surface area contributed by atoms with Crippen LogP contribution in [0.2, 0.25) is 5.02 Å². The molecule has 1 heterocycles. The van der Waals surface area contributed by atoms with Crippen molar-refractivity contribution < 1.29 is 22.7 Å². The van der Waals surface area contributed by atoms with Crippen LogP contribution in [0.5, 0.6) is 5.75 Å². The second-order valence-corrected chi connectivity index (χ2v) is 13.2. The highest BCUT2D eigenvalue weighted by molar-refractivity contribution is 9.10. The van der Waals surface area contributed by atoms with Crippen LogP contribution < -0.4 is 15.0 Å².